The fraction of sp³-hybridized carbons (Fsp3) is 0.700. The van der Waals surface area contributed by atoms with E-state index >= 15 is 0 Å². The quantitative estimate of drug-likeness (QED) is 0.744. The predicted molar refractivity (Wildman–Crippen MR) is 66.2 cm³/mol. The first-order valence-corrected chi connectivity index (χ1v) is 7.14. The molecule has 7 heteroatoms. The predicted octanol–water partition coefficient (Wildman–Crippen LogP) is 0.418. The molecule has 1 aromatic heterocycles. The van der Waals surface area contributed by atoms with E-state index in [1.807, 2.05) is 7.05 Å². The van der Waals surface area contributed by atoms with Crippen LogP contribution in [0.5, 0.6) is 0 Å². The van der Waals surface area contributed by atoms with Crippen LogP contribution in [0.4, 0.5) is 0 Å². The van der Waals surface area contributed by atoms with E-state index in [1.54, 1.807) is 0 Å². The second kappa shape index (κ2) is 6.13. The van der Waals surface area contributed by atoms with Gasteiger partial charge in [0.15, 0.2) is 5.03 Å². The first-order valence-electron chi connectivity index (χ1n) is 5.65. The minimum absolute atomic E-state index is 0.101. The highest BCUT2D eigenvalue weighted by Crippen LogP contribution is 2.02. The highest BCUT2D eigenvalue weighted by atomic mass is 32.2. The van der Waals surface area contributed by atoms with Crippen LogP contribution < -0.4 is 4.72 Å². The number of likely N-dealkylation sites (N-methyl/N-ethyl adjacent to an activating group) is 1. The van der Waals surface area contributed by atoms with Crippen molar-refractivity contribution in [3.05, 3.63) is 12.5 Å². The number of hydrogen-bond donors (Lipinski definition) is 2. The maximum absolute atomic E-state index is 11.7. The Morgan fingerprint density at radius 1 is 1.59 bits per heavy atom. The molecule has 0 aliphatic rings. The van der Waals surface area contributed by atoms with E-state index in [0.29, 0.717) is 19.1 Å². The number of rotatable bonds is 7. The molecule has 0 fully saturated rings. The van der Waals surface area contributed by atoms with Gasteiger partial charge < -0.3 is 9.88 Å². The normalized spacial score (nSPS) is 14.1. The van der Waals surface area contributed by atoms with E-state index in [-0.39, 0.29) is 5.03 Å². The summed E-state index contributed by atoms with van der Waals surface area (Å²) in [4.78, 5) is 8.38. The van der Waals surface area contributed by atoms with Gasteiger partial charge in [0, 0.05) is 19.1 Å². The molecule has 0 aliphatic heterocycles. The summed E-state index contributed by atoms with van der Waals surface area (Å²) in [6, 6.07) is 0.451. The third kappa shape index (κ3) is 4.10. The zero-order valence-electron chi connectivity index (χ0n) is 10.5. The Kier molecular flexibility index (Phi) is 5.10. The van der Waals surface area contributed by atoms with Crippen LogP contribution in [0.2, 0.25) is 0 Å². The lowest BCUT2D eigenvalue weighted by atomic mass is 10.2. The maximum Gasteiger partial charge on any atom is 0.257 e. The summed E-state index contributed by atoms with van der Waals surface area (Å²) in [5.41, 5.74) is 0. The average molecular weight is 260 g/mol. The zero-order chi connectivity index (χ0) is 12.9. The summed E-state index contributed by atoms with van der Waals surface area (Å²) in [7, 11) is -1.45. The second-order valence-electron chi connectivity index (χ2n) is 4.05. The average Bonchev–Trinajstić information content (AvgIpc) is 2.81. The van der Waals surface area contributed by atoms with Gasteiger partial charge in [-0.25, -0.2) is 18.1 Å². The number of hydrogen-bond acceptors (Lipinski definition) is 4. The summed E-state index contributed by atoms with van der Waals surface area (Å²) in [6.07, 6.45) is 3.68. The van der Waals surface area contributed by atoms with Crippen LogP contribution in [0.1, 0.15) is 20.3 Å². The number of H-pyrrole nitrogens is 1. The van der Waals surface area contributed by atoms with Gasteiger partial charge in [-0.15, -0.1) is 0 Å². The lowest BCUT2D eigenvalue weighted by Gasteiger charge is -2.23. The van der Waals surface area contributed by atoms with Gasteiger partial charge in [0.2, 0.25) is 0 Å². The molecule has 1 heterocycles. The summed E-state index contributed by atoms with van der Waals surface area (Å²) in [5.74, 6) is 0. The number of nitrogens with one attached hydrogen (secondary N) is 2. The fourth-order valence-electron chi connectivity index (χ4n) is 1.36. The van der Waals surface area contributed by atoms with Crippen LogP contribution in [-0.4, -0.2) is 49.5 Å². The maximum atomic E-state index is 11.7. The van der Waals surface area contributed by atoms with Crippen molar-refractivity contribution in [3.8, 4) is 0 Å². The van der Waals surface area contributed by atoms with E-state index in [1.165, 1.54) is 12.5 Å². The molecule has 0 saturated carbocycles. The van der Waals surface area contributed by atoms with Gasteiger partial charge in [-0.3, -0.25) is 0 Å². The first-order chi connectivity index (χ1) is 7.97. The molecule has 1 rings (SSSR count). The molecule has 0 aliphatic carbocycles. The van der Waals surface area contributed by atoms with Crippen molar-refractivity contribution in [1.29, 1.82) is 0 Å². The zero-order valence-corrected chi connectivity index (χ0v) is 11.3. The van der Waals surface area contributed by atoms with Gasteiger partial charge in [0.25, 0.3) is 10.0 Å². The van der Waals surface area contributed by atoms with E-state index in [9.17, 15) is 8.42 Å². The molecule has 2 N–H and O–H groups in total. The lowest BCUT2D eigenvalue weighted by Crippen LogP contribution is -2.37. The third-order valence-electron chi connectivity index (χ3n) is 2.86. The number of imidazole rings is 1. The molecule has 0 bridgehead atoms. The molecule has 0 saturated heterocycles. The largest absolute Gasteiger partial charge is 0.335 e. The summed E-state index contributed by atoms with van der Waals surface area (Å²) >= 11 is 0. The van der Waals surface area contributed by atoms with E-state index in [0.717, 1.165) is 6.42 Å². The molecule has 0 radical (unpaired) electrons. The van der Waals surface area contributed by atoms with Gasteiger partial charge in [-0.1, -0.05) is 6.92 Å². The fourth-order valence-corrected chi connectivity index (χ4v) is 2.28. The Hall–Kier alpha value is -0.920. The number of sulfonamides is 1. The smallest absolute Gasteiger partial charge is 0.257 e. The molecule has 0 spiro atoms. The Morgan fingerprint density at radius 3 is 2.82 bits per heavy atom. The molecule has 1 atom stereocenters. The number of nitrogens with zero attached hydrogens (tertiary/aromatic N) is 2. The van der Waals surface area contributed by atoms with Crippen molar-refractivity contribution >= 4 is 10.0 Å². The molecule has 98 valence electrons. The molecule has 6 nitrogen and oxygen atoms in total. The summed E-state index contributed by atoms with van der Waals surface area (Å²) < 4.78 is 26.0. The molecular weight excluding hydrogens is 240 g/mol. The van der Waals surface area contributed by atoms with Gasteiger partial charge in [0.1, 0.15) is 0 Å². The van der Waals surface area contributed by atoms with Crippen molar-refractivity contribution in [1.82, 2.24) is 19.6 Å². The van der Waals surface area contributed by atoms with E-state index in [2.05, 4.69) is 33.4 Å². The van der Waals surface area contributed by atoms with Crippen molar-refractivity contribution in [2.75, 3.05) is 20.1 Å². The first kappa shape index (κ1) is 14.1. The number of aromatic amines is 1. The molecule has 0 aromatic carbocycles. The Balaban J connectivity index is 2.42. The minimum Gasteiger partial charge on any atom is -0.335 e. The molecular formula is C10H20N4O2S. The number of aromatic nitrogens is 2. The molecule has 0 amide bonds. The molecule has 1 aromatic rings. The van der Waals surface area contributed by atoms with E-state index in [4.69, 9.17) is 0 Å². The van der Waals surface area contributed by atoms with Crippen LogP contribution in [0, 0.1) is 0 Å². The molecule has 17 heavy (non-hydrogen) atoms. The van der Waals surface area contributed by atoms with Gasteiger partial charge >= 0.3 is 0 Å². The lowest BCUT2D eigenvalue weighted by molar-refractivity contribution is 0.256. The van der Waals surface area contributed by atoms with Crippen molar-refractivity contribution < 1.29 is 8.42 Å². The highest BCUT2D eigenvalue weighted by molar-refractivity contribution is 7.89. The molecule has 1 unspecified atom stereocenters. The van der Waals surface area contributed by atoms with Crippen molar-refractivity contribution in [2.24, 2.45) is 0 Å². The Labute approximate surface area is 102 Å². The topological polar surface area (TPSA) is 78.1 Å². The van der Waals surface area contributed by atoms with E-state index < -0.39 is 10.0 Å². The minimum atomic E-state index is -3.44. The summed E-state index contributed by atoms with van der Waals surface area (Å²) in [5, 5.41) is 0.101. The third-order valence-corrected chi connectivity index (χ3v) is 4.25. The SMILES string of the molecule is CCC(C)N(C)CCNS(=O)(=O)c1cnc[nH]1. The van der Waals surface area contributed by atoms with Crippen LogP contribution in [-0.2, 0) is 10.0 Å². The van der Waals surface area contributed by atoms with Crippen LogP contribution in [0.15, 0.2) is 17.6 Å². The second-order valence-corrected chi connectivity index (χ2v) is 5.79. The van der Waals surface area contributed by atoms with Crippen LogP contribution in [0.25, 0.3) is 0 Å². The van der Waals surface area contributed by atoms with Gasteiger partial charge in [-0.05, 0) is 20.4 Å². The van der Waals surface area contributed by atoms with Crippen LogP contribution >= 0.6 is 0 Å². The van der Waals surface area contributed by atoms with Crippen molar-refractivity contribution in [2.45, 2.75) is 31.3 Å². The monoisotopic (exact) mass is 260 g/mol. The van der Waals surface area contributed by atoms with Gasteiger partial charge in [0.05, 0.1) is 12.5 Å². The van der Waals surface area contributed by atoms with Crippen LogP contribution in [0.3, 0.4) is 0 Å². The standard InChI is InChI=1S/C10H20N4O2S/c1-4-9(2)14(3)6-5-13-17(15,16)10-7-11-8-12-10/h7-9,13H,4-6H2,1-3H3,(H,11,12). The van der Waals surface area contributed by atoms with Crippen molar-refractivity contribution in [3.63, 3.8) is 0 Å². The van der Waals surface area contributed by atoms with Gasteiger partial charge in [-0.2, -0.15) is 0 Å². The summed E-state index contributed by atoms with van der Waals surface area (Å²) in [6.45, 7) is 5.30. The Bertz CT molecular complexity index is 416. The Morgan fingerprint density at radius 2 is 2.29 bits per heavy atom. The highest BCUT2D eigenvalue weighted by Gasteiger charge is 2.15.